The van der Waals surface area contributed by atoms with Gasteiger partial charge in [-0.05, 0) is 6.92 Å². The minimum Gasteiger partial charge on any atom is -0.320 e. The summed E-state index contributed by atoms with van der Waals surface area (Å²) < 4.78 is 0. The number of rotatable bonds is 1. The highest BCUT2D eigenvalue weighted by molar-refractivity contribution is 6.31. The zero-order valence-electron chi connectivity index (χ0n) is 7.95. The maximum absolute atomic E-state index is 10.7. The Morgan fingerprint density at radius 1 is 1.73 bits per heavy atom. The molecular weight excluding hydrogens is 218 g/mol. The van der Waals surface area contributed by atoms with E-state index >= 15 is 0 Å². The quantitative estimate of drug-likeness (QED) is 0.338. The van der Waals surface area contributed by atoms with E-state index in [1.54, 1.807) is 6.92 Å². The molecule has 0 bridgehead atoms. The van der Waals surface area contributed by atoms with Gasteiger partial charge in [0.2, 0.25) is 5.15 Å². The van der Waals surface area contributed by atoms with Crippen LogP contribution in [0.15, 0.2) is 6.20 Å². The Bertz CT molecular complexity index is 462. The summed E-state index contributed by atoms with van der Waals surface area (Å²) in [4.78, 5) is 13.8. The van der Waals surface area contributed by atoms with E-state index in [2.05, 4.69) is 16.8 Å². The van der Waals surface area contributed by atoms with Crippen molar-refractivity contribution in [3.63, 3.8) is 0 Å². The maximum Gasteiger partial charge on any atom is 0.310 e. The molecule has 6 heteroatoms. The average Bonchev–Trinajstić information content (AvgIpc) is 2.16. The molecule has 15 heavy (non-hydrogen) atoms. The molecule has 1 aromatic heterocycles. The molecular formula is C9H8ClN3O2. The third-order valence-electron chi connectivity index (χ3n) is 1.77. The predicted octanol–water partition coefficient (Wildman–Crippen LogP) is 1.26. The molecule has 0 unspecified atom stereocenters. The van der Waals surface area contributed by atoms with Gasteiger partial charge in [-0.3, -0.25) is 10.1 Å². The standard InChI is InChI=1S/C9H8ClN3O2/c1-6-7(3-2-4-11)5-12-9(10)8(6)13(14)15/h5H,4,11H2,1H3. The van der Waals surface area contributed by atoms with Crippen molar-refractivity contribution in [2.75, 3.05) is 6.54 Å². The fourth-order valence-electron chi connectivity index (χ4n) is 1.05. The van der Waals surface area contributed by atoms with Gasteiger partial charge in [-0.2, -0.15) is 0 Å². The molecule has 0 aliphatic heterocycles. The van der Waals surface area contributed by atoms with Crippen LogP contribution in [0.4, 0.5) is 5.69 Å². The molecule has 0 atom stereocenters. The molecule has 1 aromatic rings. The summed E-state index contributed by atoms with van der Waals surface area (Å²) >= 11 is 5.60. The first-order valence-electron chi connectivity index (χ1n) is 4.06. The Balaban J connectivity index is 3.35. The molecule has 1 heterocycles. The van der Waals surface area contributed by atoms with Crippen molar-refractivity contribution in [1.82, 2.24) is 4.98 Å². The second-order valence-corrected chi connectivity index (χ2v) is 3.06. The highest BCUT2D eigenvalue weighted by Crippen LogP contribution is 2.27. The molecule has 0 fully saturated rings. The van der Waals surface area contributed by atoms with E-state index in [9.17, 15) is 10.1 Å². The molecule has 5 nitrogen and oxygen atoms in total. The van der Waals surface area contributed by atoms with Crippen LogP contribution in [-0.4, -0.2) is 16.5 Å². The molecule has 0 spiro atoms. The third-order valence-corrected chi connectivity index (χ3v) is 2.05. The zero-order chi connectivity index (χ0) is 11.4. The molecule has 0 amide bonds. The van der Waals surface area contributed by atoms with Gasteiger partial charge in [0.15, 0.2) is 0 Å². The molecule has 78 valence electrons. The lowest BCUT2D eigenvalue weighted by Crippen LogP contribution is -1.98. The van der Waals surface area contributed by atoms with Crippen molar-refractivity contribution in [1.29, 1.82) is 0 Å². The van der Waals surface area contributed by atoms with Gasteiger partial charge in [-0.15, -0.1) is 0 Å². The van der Waals surface area contributed by atoms with E-state index in [1.807, 2.05) is 0 Å². The number of nitrogens with zero attached hydrogens (tertiary/aromatic N) is 2. The van der Waals surface area contributed by atoms with Crippen LogP contribution in [0.25, 0.3) is 0 Å². The number of nitro groups is 1. The van der Waals surface area contributed by atoms with Gasteiger partial charge in [0.1, 0.15) is 0 Å². The number of aromatic nitrogens is 1. The number of halogens is 1. The molecule has 0 aliphatic carbocycles. The summed E-state index contributed by atoms with van der Waals surface area (Å²) in [6.45, 7) is 1.77. The van der Waals surface area contributed by atoms with Crippen LogP contribution in [0, 0.1) is 28.9 Å². The minimum absolute atomic E-state index is 0.129. The first-order chi connectivity index (χ1) is 7.07. The van der Waals surface area contributed by atoms with Crippen molar-refractivity contribution in [2.45, 2.75) is 6.92 Å². The largest absolute Gasteiger partial charge is 0.320 e. The summed E-state index contributed by atoms with van der Waals surface area (Å²) in [7, 11) is 0. The summed E-state index contributed by atoms with van der Waals surface area (Å²) in [6.07, 6.45) is 1.40. The Labute approximate surface area is 91.4 Å². The second kappa shape index (κ2) is 4.73. The van der Waals surface area contributed by atoms with Crippen molar-refractivity contribution < 1.29 is 4.92 Å². The Morgan fingerprint density at radius 3 is 2.93 bits per heavy atom. The van der Waals surface area contributed by atoms with Crippen LogP contribution in [-0.2, 0) is 0 Å². The molecule has 0 saturated heterocycles. The first kappa shape index (κ1) is 11.4. The van der Waals surface area contributed by atoms with E-state index in [1.165, 1.54) is 6.20 Å². The Morgan fingerprint density at radius 2 is 2.40 bits per heavy atom. The van der Waals surface area contributed by atoms with Gasteiger partial charge in [0.25, 0.3) is 0 Å². The normalized spacial score (nSPS) is 9.27. The summed E-state index contributed by atoms with van der Waals surface area (Å²) in [5, 5.41) is 10.5. The van der Waals surface area contributed by atoms with E-state index in [4.69, 9.17) is 17.3 Å². The Kier molecular flexibility index (Phi) is 3.61. The van der Waals surface area contributed by atoms with Gasteiger partial charge >= 0.3 is 5.69 Å². The van der Waals surface area contributed by atoms with E-state index in [0.29, 0.717) is 11.1 Å². The summed E-state index contributed by atoms with van der Waals surface area (Å²) in [6, 6.07) is 0. The van der Waals surface area contributed by atoms with Crippen molar-refractivity contribution in [3.05, 3.63) is 32.6 Å². The van der Waals surface area contributed by atoms with E-state index in [-0.39, 0.29) is 17.4 Å². The van der Waals surface area contributed by atoms with Gasteiger partial charge in [0.05, 0.1) is 17.0 Å². The molecule has 0 aromatic carbocycles. The van der Waals surface area contributed by atoms with Gasteiger partial charge in [-0.25, -0.2) is 4.98 Å². The smallest absolute Gasteiger partial charge is 0.310 e. The number of pyridine rings is 1. The SMILES string of the molecule is Cc1c(C#CCN)cnc(Cl)c1[N+](=O)[O-]. The topological polar surface area (TPSA) is 82.0 Å². The van der Waals surface area contributed by atoms with Gasteiger partial charge in [-0.1, -0.05) is 23.4 Å². The summed E-state index contributed by atoms with van der Waals surface area (Å²) in [5.74, 6) is 5.30. The van der Waals surface area contributed by atoms with Crippen LogP contribution in [0.5, 0.6) is 0 Å². The average molecular weight is 226 g/mol. The predicted molar refractivity (Wildman–Crippen MR) is 56.6 cm³/mol. The molecule has 1 rings (SSSR count). The fourth-order valence-corrected chi connectivity index (χ4v) is 1.31. The van der Waals surface area contributed by atoms with E-state index in [0.717, 1.165) is 0 Å². The molecule has 2 N–H and O–H groups in total. The number of hydrogen-bond acceptors (Lipinski definition) is 4. The fraction of sp³-hybridized carbons (Fsp3) is 0.222. The lowest BCUT2D eigenvalue weighted by molar-refractivity contribution is -0.385. The highest BCUT2D eigenvalue weighted by atomic mass is 35.5. The van der Waals surface area contributed by atoms with Crippen LogP contribution < -0.4 is 5.73 Å². The Hall–Kier alpha value is -1.64. The lowest BCUT2D eigenvalue weighted by atomic mass is 10.1. The van der Waals surface area contributed by atoms with E-state index < -0.39 is 4.92 Å². The number of hydrogen-bond donors (Lipinski definition) is 1. The monoisotopic (exact) mass is 225 g/mol. The lowest BCUT2D eigenvalue weighted by Gasteiger charge is -2.00. The number of nitrogens with two attached hydrogens (primary N) is 1. The van der Waals surface area contributed by atoms with Gasteiger partial charge < -0.3 is 5.73 Å². The molecule has 0 aliphatic rings. The first-order valence-corrected chi connectivity index (χ1v) is 4.44. The molecule has 0 saturated carbocycles. The highest BCUT2D eigenvalue weighted by Gasteiger charge is 2.19. The van der Waals surface area contributed by atoms with Crippen LogP contribution in [0.1, 0.15) is 11.1 Å². The third kappa shape index (κ3) is 2.43. The minimum atomic E-state index is -0.571. The second-order valence-electron chi connectivity index (χ2n) is 2.70. The van der Waals surface area contributed by atoms with Gasteiger partial charge in [0, 0.05) is 11.8 Å². The molecule has 0 radical (unpaired) electrons. The summed E-state index contributed by atoms with van der Waals surface area (Å²) in [5.41, 5.74) is 5.87. The van der Waals surface area contributed by atoms with Crippen LogP contribution >= 0.6 is 11.6 Å². The zero-order valence-corrected chi connectivity index (χ0v) is 8.71. The van der Waals surface area contributed by atoms with Crippen LogP contribution in [0.3, 0.4) is 0 Å². The van der Waals surface area contributed by atoms with Crippen molar-refractivity contribution in [2.24, 2.45) is 5.73 Å². The van der Waals surface area contributed by atoms with Crippen LogP contribution in [0.2, 0.25) is 5.15 Å². The van der Waals surface area contributed by atoms with Crippen molar-refractivity contribution in [3.8, 4) is 11.8 Å². The maximum atomic E-state index is 10.7. The van der Waals surface area contributed by atoms with Crippen molar-refractivity contribution >= 4 is 17.3 Å².